The predicted molar refractivity (Wildman–Crippen MR) is 65.5 cm³/mol. The van der Waals surface area contributed by atoms with Crippen molar-refractivity contribution in [3.63, 3.8) is 0 Å². The first-order valence-corrected chi connectivity index (χ1v) is 7.14. The second-order valence-corrected chi connectivity index (χ2v) is 6.14. The fourth-order valence-corrected chi connectivity index (χ4v) is 2.82. The maximum atomic E-state index is 11.9. The molecule has 0 radical (unpaired) electrons. The van der Waals surface area contributed by atoms with Crippen molar-refractivity contribution in [1.29, 1.82) is 0 Å². The van der Waals surface area contributed by atoms with Crippen LogP contribution in [0.5, 0.6) is 0 Å². The molecule has 0 aliphatic carbocycles. The standard InChI is InChI=1S/C10H11ClN2O5S/c11-8-2-1-6(3-9(8)19(17,18)12-16)10(15)13-4-7(14)5-13/h1-3,7,12,14,16H,4-5H2. The monoisotopic (exact) mass is 306 g/mol. The number of sulfonamides is 1. The van der Waals surface area contributed by atoms with Gasteiger partial charge in [0, 0.05) is 18.7 Å². The molecule has 1 aliphatic heterocycles. The Hall–Kier alpha value is -1.19. The molecule has 0 unspecified atom stereocenters. The first-order valence-electron chi connectivity index (χ1n) is 5.28. The molecule has 1 fully saturated rings. The summed E-state index contributed by atoms with van der Waals surface area (Å²) in [6, 6.07) is 3.72. The maximum Gasteiger partial charge on any atom is 0.263 e. The third-order valence-corrected chi connectivity index (χ3v) is 4.34. The molecule has 0 bridgehead atoms. The number of aliphatic hydroxyl groups is 1. The van der Waals surface area contributed by atoms with E-state index in [4.69, 9.17) is 21.9 Å². The van der Waals surface area contributed by atoms with Crippen LogP contribution >= 0.6 is 11.6 Å². The lowest BCUT2D eigenvalue weighted by Crippen LogP contribution is -2.53. The van der Waals surface area contributed by atoms with E-state index in [2.05, 4.69) is 0 Å². The molecule has 1 aliphatic rings. The van der Waals surface area contributed by atoms with Crippen molar-refractivity contribution in [2.75, 3.05) is 13.1 Å². The van der Waals surface area contributed by atoms with Crippen LogP contribution in [-0.4, -0.2) is 48.7 Å². The van der Waals surface area contributed by atoms with Crippen LogP contribution in [0.1, 0.15) is 10.4 Å². The molecule has 19 heavy (non-hydrogen) atoms. The number of halogens is 1. The summed E-state index contributed by atoms with van der Waals surface area (Å²) in [5.74, 6) is -0.406. The number of likely N-dealkylation sites (tertiary alicyclic amines) is 1. The summed E-state index contributed by atoms with van der Waals surface area (Å²) in [6.07, 6.45) is -0.543. The molecule has 2 rings (SSSR count). The average molecular weight is 307 g/mol. The van der Waals surface area contributed by atoms with Gasteiger partial charge in [0.25, 0.3) is 15.9 Å². The third-order valence-electron chi connectivity index (χ3n) is 2.74. The van der Waals surface area contributed by atoms with Crippen LogP contribution in [0.2, 0.25) is 5.02 Å². The smallest absolute Gasteiger partial charge is 0.263 e. The molecule has 9 heteroatoms. The second-order valence-electron chi connectivity index (χ2n) is 4.10. The highest BCUT2D eigenvalue weighted by Crippen LogP contribution is 2.24. The van der Waals surface area contributed by atoms with Crippen molar-refractivity contribution < 1.29 is 23.5 Å². The molecule has 7 nitrogen and oxygen atoms in total. The molecule has 0 atom stereocenters. The molecule has 0 saturated carbocycles. The highest BCUT2D eigenvalue weighted by molar-refractivity contribution is 7.89. The first-order chi connectivity index (χ1) is 8.85. The maximum absolute atomic E-state index is 11.9. The molecule has 3 N–H and O–H groups in total. The first kappa shape index (κ1) is 14.2. The summed E-state index contributed by atoms with van der Waals surface area (Å²) in [5, 5.41) is 17.6. The number of nitrogens with one attached hydrogen (secondary N) is 1. The van der Waals surface area contributed by atoms with Gasteiger partial charge in [0.2, 0.25) is 0 Å². The van der Waals surface area contributed by atoms with Crippen molar-refractivity contribution in [3.05, 3.63) is 28.8 Å². The van der Waals surface area contributed by atoms with Crippen molar-refractivity contribution in [1.82, 2.24) is 9.79 Å². The van der Waals surface area contributed by atoms with Gasteiger partial charge >= 0.3 is 0 Å². The number of β-amino-alcohol motifs (C(OH)–C–C–N with tert-alkyl or cyclic N) is 1. The van der Waals surface area contributed by atoms with E-state index in [0.29, 0.717) is 0 Å². The van der Waals surface area contributed by atoms with E-state index in [1.165, 1.54) is 17.0 Å². The Balaban J connectivity index is 2.34. The summed E-state index contributed by atoms with van der Waals surface area (Å²) < 4.78 is 23.0. The number of rotatable bonds is 3. The molecule has 104 valence electrons. The van der Waals surface area contributed by atoms with Crippen LogP contribution in [0.3, 0.4) is 0 Å². The van der Waals surface area contributed by atoms with Crippen LogP contribution in [0.4, 0.5) is 0 Å². The number of nitrogens with zero attached hydrogens (tertiary/aromatic N) is 1. The summed E-state index contributed by atoms with van der Waals surface area (Å²) in [5.41, 5.74) is 0.116. The Labute approximate surface area is 114 Å². The van der Waals surface area contributed by atoms with E-state index in [1.807, 2.05) is 0 Å². The van der Waals surface area contributed by atoms with E-state index in [9.17, 15) is 13.2 Å². The van der Waals surface area contributed by atoms with Crippen LogP contribution in [0.25, 0.3) is 0 Å². The lowest BCUT2D eigenvalue weighted by Gasteiger charge is -2.35. The topological polar surface area (TPSA) is 107 Å². The van der Waals surface area contributed by atoms with E-state index in [0.717, 1.165) is 11.0 Å². The summed E-state index contributed by atoms with van der Waals surface area (Å²) >= 11 is 5.72. The molecular weight excluding hydrogens is 296 g/mol. The number of hydrogen-bond donors (Lipinski definition) is 3. The van der Waals surface area contributed by atoms with Gasteiger partial charge in [0.1, 0.15) is 4.90 Å². The van der Waals surface area contributed by atoms with Gasteiger partial charge < -0.3 is 15.2 Å². The lowest BCUT2D eigenvalue weighted by atomic mass is 10.1. The Morgan fingerprint density at radius 2 is 2.05 bits per heavy atom. The van der Waals surface area contributed by atoms with E-state index in [-0.39, 0.29) is 28.6 Å². The fraction of sp³-hybridized carbons (Fsp3) is 0.300. The molecule has 1 amide bonds. The lowest BCUT2D eigenvalue weighted by molar-refractivity contribution is 0.00588. The van der Waals surface area contributed by atoms with Gasteiger partial charge in [-0.15, -0.1) is 0 Å². The van der Waals surface area contributed by atoms with Gasteiger partial charge in [0.05, 0.1) is 11.1 Å². The molecule has 0 aromatic heterocycles. The normalized spacial score (nSPS) is 16.3. The largest absolute Gasteiger partial charge is 0.389 e. The molecule has 1 aromatic carbocycles. The molecular formula is C10H11ClN2O5S. The highest BCUT2D eigenvalue weighted by atomic mass is 35.5. The Kier molecular flexibility index (Phi) is 3.79. The average Bonchev–Trinajstić information content (AvgIpc) is 2.34. The summed E-state index contributed by atoms with van der Waals surface area (Å²) in [6.45, 7) is 0.420. The van der Waals surface area contributed by atoms with E-state index < -0.39 is 22.0 Å². The van der Waals surface area contributed by atoms with Gasteiger partial charge in [-0.05, 0) is 18.2 Å². The summed E-state index contributed by atoms with van der Waals surface area (Å²) in [7, 11) is -4.16. The zero-order valence-electron chi connectivity index (χ0n) is 9.58. The van der Waals surface area contributed by atoms with Crippen molar-refractivity contribution >= 4 is 27.5 Å². The quantitative estimate of drug-likeness (QED) is 0.672. The number of benzene rings is 1. The van der Waals surface area contributed by atoms with Crippen LogP contribution < -0.4 is 4.89 Å². The number of carbonyl (C=O) groups is 1. The zero-order chi connectivity index (χ0) is 14.2. The second kappa shape index (κ2) is 5.06. The number of amides is 1. The minimum absolute atomic E-state index is 0.109. The third kappa shape index (κ3) is 2.72. The number of hydrogen-bond acceptors (Lipinski definition) is 5. The minimum atomic E-state index is -4.16. The highest BCUT2D eigenvalue weighted by Gasteiger charge is 2.30. The molecule has 1 saturated heterocycles. The Morgan fingerprint density at radius 3 is 2.58 bits per heavy atom. The van der Waals surface area contributed by atoms with Crippen molar-refractivity contribution in [2.24, 2.45) is 0 Å². The van der Waals surface area contributed by atoms with Gasteiger partial charge in [0.15, 0.2) is 0 Å². The SMILES string of the molecule is O=C(c1ccc(Cl)c(S(=O)(=O)NO)c1)N1CC(O)C1. The number of carbonyl (C=O) groups excluding carboxylic acids is 1. The Morgan fingerprint density at radius 1 is 1.42 bits per heavy atom. The van der Waals surface area contributed by atoms with Gasteiger partial charge in [-0.1, -0.05) is 16.5 Å². The van der Waals surface area contributed by atoms with E-state index >= 15 is 0 Å². The van der Waals surface area contributed by atoms with Crippen LogP contribution in [0.15, 0.2) is 23.1 Å². The minimum Gasteiger partial charge on any atom is -0.389 e. The fourth-order valence-electron chi connectivity index (χ4n) is 1.70. The van der Waals surface area contributed by atoms with Crippen molar-refractivity contribution in [3.8, 4) is 0 Å². The molecule has 1 aromatic rings. The van der Waals surface area contributed by atoms with Gasteiger partial charge in [-0.2, -0.15) is 0 Å². The van der Waals surface area contributed by atoms with Gasteiger partial charge in [-0.25, -0.2) is 8.42 Å². The predicted octanol–water partition coefficient (Wildman–Crippen LogP) is -0.176. The summed E-state index contributed by atoms with van der Waals surface area (Å²) in [4.78, 5) is 14.1. The van der Waals surface area contributed by atoms with Gasteiger partial charge in [-0.3, -0.25) is 4.79 Å². The van der Waals surface area contributed by atoms with Crippen molar-refractivity contribution in [2.45, 2.75) is 11.0 Å². The van der Waals surface area contributed by atoms with Crippen LogP contribution in [0, 0.1) is 0 Å². The van der Waals surface area contributed by atoms with E-state index in [1.54, 1.807) is 0 Å². The zero-order valence-corrected chi connectivity index (χ0v) is 11.1. The molecule has 1 heterocycles. The Bertz CT molecular complexity index is 612. The number of aliphatic hydroxyl groups excluding tert-OH is 1. The van der Waals surface area contributed by atoms with Crippen LogP contribution in [-0.2, 0) is 10.0 Å². The molecule has 0 spiro atoms.